The van der Waals surface area contributed by atoms with Crippen molar-refractivity contribution < 1.29 is 18.0 Å². The van der Waals surface area contributed by atoms with Gasteiger partial charge >= 0.3 is 0 Å². The highest BCUT2D eigenvalue weighted by molar-refractivity contribution is 7.89. The minimum atomic E-state index is -3.68. The van der Waals surface area contributed by atoms with Crippen LogP contribution < -0.4 is 10.6 Å². The van der Waals surface area contributed by atoms with Crippen LogP contribution in [0.4, 0.5) is 0 Å². The van der Waals surface area contributed by atoms with E-state index in [0.717, 1.165) is 24.8 Å². The molecule has 1 atom stereocenters. The van der Waals surface area contributed by atoms with E-state index in [4.69, 9.17) is 0 Å². The van der Waals surface area contributed by atoms with Crippen molar-refractivity contribution in [2.45, 2.75) is 64.8 Å². The van der Waals surface area contributed by atoms with Crippen LogP contribution in [0.5, 0.6) is 0 Å². The van der Waals surface area contributed by atoms with Gasteiger partial charge in [0.25, 0.3) is 5.91 Å². The van der Waals surface area contributed by atoms with Crippen molar-refractivity contribution in [1.29, 1.82) is 0 Å². The first-order chi connectivity index (χ1) is 13.6. The maximum atomic E-state index is 13.2. The number of hydrogen-bond acceptors (Lipinski definition) is 4. The Labute approximate surface area is 174 Å². The number of piperidine rings is 1. The van der Waals surface area contributed by atoms with Crippen molar-refractivity contribution in [3.63, 3.8) is 0 Å². The van der Waals surface area contributed by atoms with E-state index in [1.165, 1.54) is 10.4 Å². The Hall–Kier alpha value is -1.93. The molecule has 2 rings (SSSR count). The van der Waals surface area contributed by atoms with Crippen molar-refractivity contribution in [3.8, 4) is 0 Å². The van der Waals surface area contributed by atoms with Gasteiger partial charge in [0.15, 0.2) is 0 Å². The summed E-state index contributed by atoms with van der Waals surface area (Å²) < 4.78 is 28.0. The summed E-state index contributed by atoms with van der Waals surface area (Å²) in [5, 5.41) is 5.39. The van der Waals surface area contributed by atoms with Crippen LogP contribution >= 0.6 is 0 Å². The summed E-state index contributed by atoms with van der Waals surface area (Å²) >= 11 is 0. The number of carbonyl (C=O) groups excluding carboxylic acids is 2. The second-order valence-corrected chi connectivity index (χ2v) is 9.90. The number of nitrogens with zero attached hydrogens (tertiary/aromatic N) is 1. The Kier molecular flexibility index (Phi) is 7.82. The third kappa shape index (κ3) is 5.57. The largest absolute Gasteiger partial charge is 0.354 e. The number of sulfonamides is 1. The lowest BCUT2D eigenvalue weighted by Gasteiger charge is -2.30. The molecule has 1 aromatic rings. The van der Waals surface area contributed by atoms with E-state index in [0.29, 0.717) is 31.1 Å². The zero-order valence-corrected chi connectivity index (χ0v) is 18.9. The van der Waals surface area contributed by atoms with Gasteiger partial charge in [0.2, 0.25) is 15.9 Å². The summed E-state index contributed by atoms with van der Waals surface area (Å²) in [6.07, 6.45) is 2.48. The molecule has 2 amide bonds. The number of benzene rings is 1. The van der Waals surface area contributed by atoms with Crippen LogP contribution in [0.25, 0.3) is 0 Å². The van der Waals surface area contributed by atoms with Crippen molar-refractivity contribution in [2.24, 2.45) is 5.92 Å². The molecular weight excluding hydrogens is 390 g/mol. The van der Waals surface area contributed by atoms with Crippen molar-refractivity contribution >= 4 is 21.8 Å². The number of nitrogens with one attached hydrogen (secondary N) is 2. The van der Waals surface area contributed by atoms with Crippen LogP contribution in [0, 0.1) is 19.8 Å². The van der Waals surface area contributed by atoms with E-state index in [9.17, 15) is 18.0 Å². The molecule has 1 aromatic carbocycles. The van der Waals surface area contributed by atoms with Crippen molar-refractivity contribution in [2.75, 3.05) is 19.6 Å². The molecule has 0 bridgehead atoms. The van der Waals surface area contributed by atoms with E-state index in [2.05, 4.69) is 17.6 Å². The molecule has 7 nitrogen and oxygen atoms in total. The normalized spacial score (nSPS) is 17.0. The summed E-state index contributed by atoms with van der Waals surface area (Å²) in [7, 11) is -3.68. The van der Waals surface area contributed by atoms with Crippen LogP contribution in [0.2, 0.25) is 0 Å². The van der Waals surface area contributed by atoms with Gasteiger partial charge < -0.3 is 10.6 Å². The molecule has 0 aliphatic carbocycles. The Morgan fingerprint density at radius 2 is 1.83 bits per heavy atom. The topological polar surface area (TPSA) is 95.6 Å². The van der Waals surface area contributed by atoms with E-state index >= 15 is 0 Å². The predicted octanol–water partition coefficient (Wildman–Crippen LogP) is 2.37. The Morgan fingerprint density at radius 3 is 2.41 bits per heavy atom. The van der Waals surface area contributed by atoms with Crippen LogP contribution in [-0.2, 0) is 14.8 Å². The second-order valence-electron chi connectivity index (χ2n) is 7.99. The molecule has 8 heteroatoms. The van der Waals surface area contributed by atoms with Gasteiger partial charge in [-0.1, -0.05) is 13.8 Å². The molecule has 0 aromatic heterocycles. The zero-order chi connectivity index (χ0) is 21.8. The molecule has 0 spiro atoms. The molecule has 162 valence electrons. The highest BCUT2D eigenvalue weighted by Crippen LogP contribution is 2.28. The maximum Gasteiger partial charge on any atom is 0.251 e. The molecule has 0 saturated carbocycles. The lowest BCUT2D eigenvalue weighted by Crippen LogP contribution is -2.45. The SMILES string of the molecule is CCCNC(=O)C(C)NC(=O)c1cc(C)c(C)c(S(=O)(=O)N2CCC(C)CC2)c1. The third-order valence-electron chi connectivity index (χ3n) is 5.53. The first kappa shape index (κ1) is 23.3. The highest BCUT2D eigenvalue weighted by Gasteiger charge is 2.30. The Morgan fingerprint density at radius 1 is 1.21 bits per heavy atom. The fraction of sp³-hybridized carbons (Fsp3) is 0.619. The van der Waals surface area contributed by atoms with E-state index in [1.54, 1.807) is 26.8 Å². The summed E-state index contributed by atoms with van der Waals surface area (Å²) in [6, 6.07) is 2.39. The molecule has 1 aliphatic rings. The monoisotopic (exact) mass is 423 g/mol. The molecule has 1 aliphatic heterocycles. The Bertz CT molecular complexity index is 859. The smallest absolute Gasteiger partial charge is 0.251 e. The number of hydrogen-bond donors (Lipinski definition) is 2. The maximum absolute atomic E-state index is 13.2. The van der Waals surface area contributed by atoms with Crippen LogP contribution in [0.1, 0.15) is 61.5 Å². The summed E-state index contributed by atoms with van der Waals surface area (Å²) in [5.41, 5.74) is 1.62. The van der Waals surface area contributed by atoms with Gasteiger partial charge in [0.1, 0.15) is 6.04 Å². The number of carbonyl (C=O) groups is 2. The molecule has 1 saturated heterocycles. The summed E-state index contributed by atoms with van der Waals surface area (Å²) in [5.74, 6) is -0.211. The molecule has 1 fully saturated rings. The average Bonchev–Trinajstić information content (AvgIpc) is 2.67. The lowest BCUT2D eigenvalue weighted by atomic mass is 10.0. The predicted molar refractivity (Wildman–Crippen MR) is 113 cm³/mol. The third-order valence-corrected chi connectivity index (χ3v) is 7.56. The summed E-state index contributed by atoms with van der Waals surface area (Å²) in [6.45, 7) is 10.8. The number of rotatable bonds is 7. The Balaban J connectivity index is 2.26. The quantitative estimate of drug-likeness (QED) is 0.704. The fourth-order valence-electron chi connectivity index (χ4n) is 3.34. The molecule has 29 heavy (non-hydrogen) atoms. The van der Waals surface area contributed by atoms with Crippen LogP contribution in [0.3, 0.4) is 0 Å². The molecule has 0 radical (unpaired) electrons. The van der Waals surface area contributed by atoms with E-state index < -0.39 is 22.0 Å². The van der Waals surface area contributed by atoms with Crippen LogP contribution in [-0.4, -0.2) is 50.2 Å². The minimum absolute atomic E-state index is 0.167. The van der Waals surface area contributed by atoms with Gasteiger partial charge in [0.05, 0.1) is 4.90 Å². The number of amides is 2. The van der Waals surface area contributed by atoms with Gasteiger partial charge in [-0.3, -0.25) is 9.59 Å². The van der Waals surface area contributed by atoms with Gasteiger partial charge in [-0.15, -0.1) is 0 Å². The van der Waals surface area contributed by atoms with Crippen molar-refractivity contribution in [3.05, 3.63) is 28.8 Å². The molecule has 1 unspecified atom stereocenters. The first-order valence-electron chi connectivity index (χ1n) is 10.3. The average molecular weight is 424 g/mol. The lowest BCUT2D eigenvalue weighted by molar-refractivity contribution is -0.122. The van der Waals surface area contributed by atoms with Gasteiger partial charge in [-0.2, -0.15) is 4.31 Å². The second kappa shape index (κ2) is 9.71. The molecular formula is C21H33N3O4S. The van der Waals surface area contributed by atoms with Crippen molar-refractivity contribution in [1.82, 2.24) is 14.9 Å². The zero-order valence-electron chi connectivity index (χ0n) is 18.0. The fourth-order valence-corrected chi connectivity index (χ4v) is 5.13. The first-order valence-corrected chi connectivity index (χ1v) is 11.7. The molecule has 1 heterocycles. The minimum Gasteiger partial charge on any atom is -0.354 e. The molecule has 2 N–H and O–H groups in total. The number of aryl methyl sites for hydroxylation is 1. The standard InChI is InChI=1S/C21H33N3O4S/c1-6-9-22-20(25)17(5)23-21(26)18-12-15(3)16(4)19(13-18)29(27,28)24-10-7-14(2)8-11-24/h12-14,17H,6-11H2,1-5H3,(H,22,25)(H,23,26). The van der Waals surface area contributed by atoms with Gasteiger partial charge in [0, 0.05) is 25.2 Å². The van der Waals surface area contributed by atoms with Gasteiger partial charge in [-0.25, -0.2) is 8.42 Å². The van der Waals surface area contributed by atoms with Crippen LogP contribution in [0.15, 0.2) is 17.0 Å². The summed E-state index contributed by atoms with van der Waals surface area (Å²) in [4.78, 5) is 24.9. The highest BCUT2D eigenvalue weighted by atomic mass is 32.2. The van der Waals surface area contributed by atoms with Gasteiger partial charge in [-0.05, 0) is 69.2 Å². The van der Waals surface area contributed by atoms with E-state index in [1.807, 2.05) is 6.92 Å². The van der Waals surface area contributed by atoms with E-state index in [-0.39, 0.29) is 16.4 Å².